The molecule has 9 aromatic rings. The van der Waals surface area contributed by atoms with E-state index in [1.165, 1.54) is 20.2 Å². The molecule has 0 N–H and O–H groups in total. The maximum Gasteiger partial charge on any atom is 0.227 e. The molecule has 0 unspecified atom stereocenters. The summed E-state index contributed by atoms with van der Waals surface area (Å²) in [7, 11) is 0. The minimum atomic E-state index is 0.628. The van der Waals surface area contributed by atoms with Gasteiger partial charge in [0.1, 0.15) is 5.52 Å². The van der Waals surface area contributed by atoms with E-state index in [1.807, 2.05) is 97.1 Å². The minimum absolute atomic E-state index is 0.628. The molecule has 0 aliphatic rings. The van der Waals surface area contributed by atoms with Gasteiger partial charge >= 0.3 is 0 Å². The van der Waals surface area contributed by atoms with Crippen LogP contribution in [0, 0.1) is 0 Å². The molecular weight excluding hydrogens is 585 g/mol. The number of benzene rings is 6. The molecular formula is C40H24N4OS. The maximum absolute atomic E-state index is 6.06. The van der Waals surface area contributed by atoms with Crippen LogP contribution in [0.25, 0.3) is 88.0 Å². The van der Waals surface area contributed by atoms with Gasteiger partial charge in [0.25, 0.3) is 0 Å². The van der Waals surface area contributed by atoms with Gasteiger partial charge in [-0.15, -0.1) is 11.3 Å². The van der Waals surface area contributed by atoms with Crippen LogP contribution in [-0.4, -0.2) is 19.9 Å². The van der Waals surface area contributed by atoms with Crippen molar-refractivity contribution in [2.75, 3.05) is 0 Å². The van der Waals surface area contributed by atoms with Crippen LogP contribution in [0.4, 0.5) is 0 Å². The Bertz CT molecular complexity index is 2470. The number of oxazole rings is 1. The van der Waals surface area contributed by atoms with Gasteiger partial charge in [0.05, 0.1) is 0 Å². The fourth-order valence-corrected chi connectivity index (χ4v) is 6.91. The SMILES string of the molecule is c1ccc(-c2nc(-c3ccccc3)nc(-c3ccc4sc5ccc(-c6ccc7oc(-c8ccccc8)nc7c6)cc5c4c3)n2)cc1. The quantitative estimate of drug-likeness (QED) is 0.194. The molecule has 0 atom stereocenters. The Kier molecular flexibility index (Phi) is 6.25. The van der Waals surface area contributed by atoms with E-state index >= 15 is 0 Å². The predicted molar refractivity (Wildman–Crippen MR) is 187 cm³/mol. The number of nitrogens with zero attached hydrogens (tertiary/aromatic N) is 4. The lowest BCUT2D eigenvalue weighted by atomic mass is 10.0. The molecule has 0 spiro atoms. The summed E-state index contributed by atoms with van der Waals surface area (Å²) in [6.45, 7) is 0. The second kappa shape index (κ2) is 10.9. The first kappa shape index (κ1) is 26.4. The molecule has 46 heavy (non-hydrogen) atoms. The third-order valence-electron chi connectivity index (χ3n) is 8.17. The molecule has 3 heterocycles. The lowest BCUT2D eigenvalue weighted by molar-refractivity contribution is 0.620. The van der Waals surface area contributed by atoms with Crippen LogP contribution in [0.5, 0.6) is 0 Å². The van der Waals surface area contributed by atoms with E-state index in [0.29, 0.717) is 23.4 Å². The van der Waals surface area contributed by atoms with E-state index in [9.17, 15) is 0 Å². The van der Waals surface area contributed by atoms with Crippen LogP contribution < -0.4 is 0 Å². The second-order valence-electron chi connectivity index (χ2n) is 11.1. The summed E-state index contributed by atoms with van der Waals surface area (Å²) in [5.41, 5.74) is 7.66. The summed E-state index contributed by atoms with van der Waals surface area (Å²) >= 11 is 1.79. The van der Waals surface area contributed by atoms with Gasteiger partial charge < -0.3 is 4.42 Å². The molecule has 216 valence electrons. The van der Waals surface area contributed by atoms with Crippen LogP contribution >= 0.6 is 11.3 Å². The van der Waals surface area contributed by atoms with Gasteiger partial charge in [0, 0.05) is 42.4 Å². The molecule has 5 nitrogen and oxygen atoms in total. The first-order valence-electron chi connectivity index (χ1n) is 15.1. The molecule has 0 aliphatic carbocycles. The van der Waals surface area contributed by atoms with Crippen molar-refractivity contribution in [2.45, 2.75) is 0 Å². The van der Waals surface area contributed by atoms with E-state index in [-0.39, 0.29) is 0 Å². The number of fused-ring (bicyclic) bond motifs is 4. The molecule has 9 rings (SSSR count). The van der Waals surface area contributed by atoms with Crippen LogP contribution in [0.3, 0.4) is 0 Å². The van der Waals surface area contributed by atoms with Gasteiger partial charge in [0.15, 0.2) is 23.1 Å². The van der Waals surface area contributed by atoms with Crippen molar-refractivity contribution in [3.8, 4) is 56.7 Å². The Labute approximate surface area is 268 Å². The highest BCUT2D eigenvalue weighted by molar-refractivity contribution is 7.25. The van der Waals surface area contributed by atoms with Gasteiger partial charge in [-0.2, -0.15) is 0 Å². The van der Waals surface area contributed by atoms with Gasteiger partial charge in [0.2, 0.25) is 5.89 Å². The first-order valence-corrected chi connectivity index (χ1v) is 15.9. The standard InChI is InChI=1S/C40H24N4OS/c1-4-10-25(11-5-1)37-42-38(26-12-6-2-7-13-26)44-39(43-37)30-18-21-36-32(23-30)31-22-28(17-20-35(31)46-36)29-16-19-34-33(24-29)41-40(45-34)27-14-8-3-9-15-27/h1-24H. The van der Waals surface area contributed by atoms with Crippen molar-refractivity contribution in [3.05, 3.63) is 146 Å². The zero-order chi connectivity index (χ0) is 30.5. The van der Waals surface area contributed by atoms with Crippen LogP contribution in [0.1, 0.15) is 0 Å². The molecule has 6 aromatic carbocycles. The van der Waals surface area contributed by atoms with E-state index in [1.54, 1.807) is 11.3 Å². The molecule has 0 amide bonds. The fraction of sp³-hybridized carbons (Fsp3) is 0. The topological polar surface area (TPSA) is 64.7 Å². The van der Waals surface area contributed by atoms with Crippen LogP contribution in [-0.2, 0) is 0 Å². The monoisotopic (exact) mass is 608 g/mol. The zero-order valence-electron chi connectivity index (χ0n) is 24.5. The van der Waals surface area contributed by atoms with E-state index in [0.717, 1.165) is 44.5 Å². The normalized spacial score (nSPS) is 11.5. The average molecular weight is 609 g/mol. The largest absolute Gasteiger partial charge is 0.436 e. The number of aromatic nitrogens is 4. The summed E-state index contributed by atoms with van der Waals surface area (Å²) in [5, 5.41) is 2.38. The number of thiophene rings is 1. The Morgan fingerprint density at radius 1 is 0.391 bits per heavy atom. The average Bonchev–Trinajstić information content (AvgIpc) is 3.73. The van der Waals surface area contributed by atoms with E-state index in [4.69, 9.17) is 24.4 Å². The van der Waals surface area contributed by atoms with Gasteiger partial charge in [-0.25, -0.2) is 19.9 Å². The summed E-state index contributed by atoms with van der Waals surface area (Å²) in [6, 6.07) is 49.5. The van der Waals surface area contributed by atoms with Gasteiger partial charge in [-0.3, -0.25) is 0 Å². The summed E-state index contributed by atoms with van der Waals surface area (Å²) in [6.07, 6.45) is 0. The molecule has 0 aliphatic heterocycles. The van der Waals surface area contributed by atoms with Crippen molar-refractivity contribution in [1.29, 1.82) is 0 Å². The number of hydrogen-bond acceptors (Lipinski definition) is 6. The molecule has 0 saturated carbocycles. The Morgan fingerprint density at radius 3 is 1.48 bits per heavy atom. The van der Waals surface area contributed by atoms with E-state index < -0.39 is 0 Å². The Morgan fingerprint density at radius 2 is 0.870 bits per heavy atom. The third-order valence-corrected chi connectivity index (χ3v) is 9.32. The molecule has 0 saturated heterocycles. The lowest BCUT2D eigenvalue weighted by Gasteiger charge is -2.08. The van der Waals surface area contributed by atoms with Crippen molar-refractivity contribution in [3.63, 3.8) is 0 Å². The highest BCUT2D eigenvalue weighted by atomic mass is 32.1. The molecule has 0 bridgehead atoms. The number of hydrogen-bond donors (Lipinski definition) is 0. The second-order valence-corrected chi connectivity index (χ2v) is 12.2. The van der Waals surface area contributed by atoms with E-state index in [2.05, 4.69) is 48.5 Å². The minimum Gasteiger partial charge on any atom is -0.436 e. The maximum atomic E-state index is 6.06. The molecule has 3 aromatic heterocycles. The number of rotatable bonds is 5. The van der Waals surface area contributed by atoms with Crippen molar-refractivity contribution >= 4 is 42.6 Å². The van der Waals surface area contributed by atoms with Crippen LogP contribution in [0.2, 0.25) is 0 Å². The van der Waals surface area contributed by atoms with Crippen molar-refractivity contribution in [2.24, 2.45) is 0 Å². The van der Waals surface area contributed by atoms with Crippen molar-refractivity contribution in [1.82, 2.24) is 19.9 Å². The molecule has 0 fully saturated rings. The van der Waals surface area contributed by atoms with Crippen LogP contribution in [0.15, 0.2) is 150 Å². The zero-order valence-corrected chi connectivity index (χ0v) is 25.3. The first-order chi connectivity index (χ1) is 22.7. The summed E-state index contributed by atoms with van der Waals surface area (Å²) in [4.78, 5) is 19.6. The van der Waals surface area contributed by atoms with Gasteiger partial charge in [-0.05, 0) is 65.7 Å². The predicted octanol–water partition coefficient (Wildman–Crippen LogP) is 10.7. The molecule has 0 radical (unpaired) electrons. The fourth-order valence-electron chi connectivity index (χ4n) is 5.84. The Hall–Kier alpha value is -5.98. The smallest absolute Gasteiger partial charge is 0.227 e. The lowest BCUT2D eigenvalue weighted by Crippen LogP contribution is -2.00. The van der Waals surface area contributed by atoms with Crippen molar-refractivity contribution < 1.29 is 4.42 Å². The molecule has 6 heteroatoms. The third kappa shape index (κ3) is 4.72. The highest BCUT2D eigenvalue weighted by Gasteiger charge is 2.15. The highest BCUT2D eigenvalue weighted by Crippen LogP contribution is 2.39. The Balaban J connectivity index is 1.15. The van der Waals surface area contributed by atoms with Gasteiger partial charge in [-0.1, -0.05) is 91.0 Å². The summed E-state index contributed by atoms with van der Waals surface area (Å²) in [5.74, 6) is 2.58. The summed E-state index contributed by atoms with van der Waals surface area (Å²) < 4.78 is 8.51.